The van der Waals surface area contributed by atoms with Crippen molar-refractivity contribution in [1.82, 2.24) is 5.32 Å². The topological polar surface area (TPSA) is 35.8 Å². The van der Waals surface area contributed by atoms with Gasteiger partial charge in [0.15, 0.2) is 0 Å². The fourth-order valence-corrected chi connectivity index (χ4v) is 0.0559. The van der Waals surface area contributed by atoms with E-state index in [0.717, 1.165) is 0 Å². The average Bonchev–Trinajstić information content (AvgIpc) is 1.68. The quantitative estimate of drug-likeness (QED) is 0.517. The molecule has 0 radical (unpaired) electrons. The average molecular weight is 97.1 g/mol. The van der Waals surface area contributed by atoms with E-state index in [1.165, 1.54) is 0 Å². The highest BCUT2D eigenvalue weighted by molar-refractivity contribution is 4.98. The molecular weight excluding hydrogens is 87.1 g/mol. The Balaban J connectivity index is 3.66. The minimum atomic E-state index is -0.361. The van der Waals surface area contributed by atoms with Crippen LogP contribution in [0.2, 0.25) is 0 Å². The summed E-state index contributed by atoms with van der Waals surface area (Å²) in [6.45, 7) is 3.65. The van der Waals surface area contributed by atoms with E-state index in [-0.39, 0.29) is 5.54 Å². The van der Waals surface area contributed by atoms with E-state index in [1.807, 2.05) is 13.8 Å². The number of rotatable bonds is 1. The highest BCUT2D eigenvalue weighted by Gasteiger charge is 2.10. The van der Waals surface area contributed by atoms with Crippen LogP contribution in [-0.4, -0.2) is 12.6 Å². The van der Waals surface area contributed by atoms with Gasteiger partial charge in [0.1, 0.15) is 5.54 Å². The van der Waals surface area contributed by atoms with Crippen LogP contribution in [-0.2, 0) is 0 Å². The third-order valence-electron chi connectivity index (χ3n) is 0.905. The van der Waals surface area contributed by atoms with E-state index in [0.29, 0.717) is 0 Å². The van der Waals surface area contributed by atoms with Crippen molar-refractivity contribution in [3.05, 3.63) is 0 Å². The van der Waals surface area contributed by atoms with E-state index in [2.05, 4.69) is 11.4 Å². The molecule has 0 aliphatic rings. The third kappa shape index (κ3) is 2.18. The molecule has 7 heavy (non-hydrogen) atoms. The van der Waals surface area contributed by atoms with E-state index >= 15 is 0 Å². The van der Waals surface area contributed by atoms with E-state index < -0.39 is 0 Å². The van der Waals surface area contributed by atoms with Gasteiger partial charge in [-0.2, -0.15) is 5.26 Å². The summed E-state index contributed by atoms with van der Waals surface area (Å²) in [5.74, 6) is 0. The summed E-state index contributed by atoms with van der Waals surface area (Å²) in [5, 5.41) is 11.1. The molecule has 0 heterocycles. The Hall–Kier alpha value is -0.550. The number of nitrogens with one attached hydrogen (secondary N) is 1. The van der Waals surface area contributed by atoms with Crippen LogP contribution in [0.25, 0.3) is 0 Å². The largest absolute Gasteiger partial charge is 0.303 e. The van der Waals surface area contributed by atoms with Crippen LogP contribution < -0.4 is 5.32 Å². The fourth-order valence-electron chi connectivity index (χ4n) is 0.0559. The molecule has 0 saturated carbocycles. The molecule has 0 amide bonds. The monoisotopic (exact) mass is 97.1 g/mol. The van der Waals surface area contributed by atoms with Crippen LogP contribution in [0, 0.1) is 11.3 Å². The second-order valence-electron chi connectivity index (χ2n) is 1.99. The first-order valence-electron chi connectivity index (χ1n) is 2.22. The Bertz CT molecular complexity index is 88.7. The molecule has 0 aliphatic carbocycles. The van der Waals surface area contributed by atoms with Gasteiger partial charge >= 0.3 is 0 Å². The standard InChI is InChI=1S/C5H10N2/c1-5(2,4-6)7-3/h7H,1-3H3/i5-1. The lowest BCUT2D eigenvalue weighted by molar-refractivity contribution is 0.541. The maximum absolute atomic E-state index is 8.28. The van der Waals surface area contributed by atoms with Gasteiger partial charge in [-0.15, -0.1) is 0 Å². The molecule has 0 rings (SSSR count). The number of nitriles is 1. The maximum atomic E-state index is 8.28. The normalized spacial score (nSPS) is 10.6. The minimum absolute atomic E-state index is 0.361. The van der Waals surface area contributed by atoms with Crippen LogP contribution in [0.15, 0.2) is 0 Å². The highest BCUT2D eigenvalue weighted by atomic mass is 14.8. The molecule has 0 aromatic heterocycles. The van der Waals surface area contributed by atoms with Crippen molar-refractivity contribution in [3.63, 3.8) is 0 Å². The molecule has 0 aliphatic heterocycles. The summed E-state index contributed by atoms with van der Waals surface area (Å²) in [4.78, 5) is 0. The first-order valence-corrected chi connectivity index (χ1v) is 2.22. The lowest BCUT2D eigenvalue weighted by Gasteiger charge is -2.11. The van der Waals surface area contributed by atoms with Gasteiger partial charge < -0.3 is 5.32 Å². The smallest absolute Gasteiger partial charge is 0.100 e. The third-order valence-corrected chi connectivity index (χ3v) is 0.905. The first-order chi connectivity index (χ1) is 3.12. The summed E-state index contributed by atoms with van der Waals surface area (Å²) in [5.41, 5.74) is -0.361. The Morgan fingerprint density at radius 1 is 1.57 bits per heavy atom. The molecule has 40 valence electrons. The summed E-state index contributed by atoms with van der Waals surface area (Å²) in [6, 6.07) is 2.08. The fraction of sp³-hybridized carbons (Fsp3) is 0.800. The predicted octanol–water partition coefficient (Wildman–Crippen LogP) is 0.508. The van der Waals surface area contributed by atoms with Gasteiger partial charge in [-0.25, -0.2) is 0 Å². The summed E-state index contributed by atoms with van der Waals surface area (Å²) in [7, 11) is 1.77. The van der Waals surface area contributed by atoms with Crippen LogP contribution >= 0.6 is 0 Å². The van der Waals surface area contributed by atoms with Crippen molar-refractivity contribution >= 4 is 0 Å². The summed E-state index contributed by atoms with van der Waals surface area (Å²) >= 11 is 0. The van der Waals surface area contributed by atoms with Gasteiger partial charge in [-0.1, -0.05) is 0 Å². The second kappa shape index (κ2) is 1.94. The van der Waals surface area contributed by atoms with E-state index in [9.17, 15) is 0 Å². The number of hydrogen-bond acceptors (Lipinski definition) is 2. The molecule has 0 spiro atoms. The minimum Gasteiger partial charge on any atom is -0.303 e. The SMILES string of the molecule is CN[11C](C)(C)C#N. The van der Waals surface area contributed by atoms with Crippen LogP contribution in [0.3, 0.4) is 0 Å². The molecule has 0 atom stereocenters. The van der Waals surface area contributed by atoms with Crippen LogP contribution in [0.4, 0.5) is 0 Å². The van der Waals surface area contributed by atoms with Crippen molar-refractivity contribution in [1.29, 1.82) is 5.26 Å². The molecule has 0 saturated heterocycles. The van der Waals surface area contributed by atoms with Crippen molar-refractivity contribution in [2.24, 2.45) is 0 Å². The highest BCUT2D eigenvalue weighted by Crippen LogP contribution is 1.94. The number of nitrogens with zero attached hydrogens (tertiary/aromatic N) is 1. The maximum Gasteiger partial charge on any atom is 0.100 e. The lowest BCUT2D eigenvalue weighted by atomic mass is 9.54. The Kier molecular flexibility index (Phi) is 1.79. The molecule has 0 bridgehead atoms. The van der Waals surface area contributed by atoms with Gasteiger partial charge in [0.05, 0.1) is 6.07 Å². The molecule has 0 aromatic carbocycles. The predicted molar refractivity (Wildman–Crippen MR) is 28.8 cm³/mol. The molecular formula is C5H10N2. The number of hydrogen-bond donors (Lipinski definition) is 1. The molecule has 2 heteroatoms. The van der Waals surface area contributed by atoms with Crippen molar-refractivity contribution in [2.75, 3.05) is 7.05 Å². The zero-order chi connectivity index (χ0) is 5.91. The van der Waals surface area contributed by atoms with Gasteiger partial charge in [-0.05, 0) is 20.9 Å². The van der Waals surface area contributed by atoms with Gasteiger partial charge in [-0.3, -0.25) is 0 Å². The van der Waals surface area contributed by atoms with Gasteiger partial charge in [0.25, 0.3) is 0 Å². The zero-order valence-electron chi connectivity index (χ0n) is 4.95. The molecule has 0 aromatic rings. The zero-order valence-corrected chi connectivity index (χ0v) is 4.95. The molecule has 0 unspecified atom stereocenters. The Morgan fingerprint density at radius 2 is 2.00 bits per heavy atom. The van der Waals surface area contributed by atoms with Gasteiger partial charge in [0.2, 0.25) is 0 Å². The summed E-state index contributed by atoms with van der Waals surface area (Å²) in [6.07, 6.45) is 0. The van der Waals surface area contributed by atoms with Crippen molar-refractivity contribution in [3.8, 4) is 6.07 Å². The van der Waals surface area contributed by atoms with Crippen molar-refractivity contribution < 1.29 is 0 Å². The Labute approximate surface area is 44.1 Å². The first kappa shape index (κ1) is 6.45. The Morgan fingerprint density at radius 3 is 2.00 bits per heavy atom. The van der Waals surface area contributed by atoms with Crippen LogP contribution in [0.5, 0.6) is 0 Å². The van der Waals surface area contributed by atoms with E-state index in [4.69, 9.17) is 5.26 Å². The lowest BCUT2D eigenvalue weighted by Crippen LogP contribution is -2.33. The second-order valence-corrected chi connectivity index (χ2v) is 1.99. The van der Waals surface area contributed by atoms with Crippen molar-refractivity contribution in [2.45, 2.75) is 19.4 Å². The molecule has 0 fully saturated rings. The van der Waals surface area contributed by atoms with E-state index in [1.54, 1.807) is 7.05 Å². The summed E-state index contributed by atoms with van der Waals surface area (Å²) < 4.78 is 0. The molecule has 1 N–H and O–H groups in total. The molecule has 2 nitrogen and oxygen atoms in total. The van der Waals surface area contributed by atoms with Crippen LogP contribution in [0.1, 0.15) is 13.8 Å². The van der Waals surface area contributed by atoms with Gasteiger partial charge in [0, 0.05) is 0 Å².